The second kappa shape index (κ2) is 2.82. The van der Waals surface area contributed by atoms with Crippen LogP contribution in [0.1, 0.15) is 0 Å². The number of nitrogen functional groups attached to an aromatic ring is 1. The van der Waals surface area contributed by atoms with Gasteiger partial charge in [0, 0.05) is 17.4 Å². The van der Waals surface area contributed by atoms with Crippen LogP contribution in [0.4, 0.5) is 5.69 Å². The molecule has 0 aliphatic heterocycles. The van der Waals surface area contributed by atoms with Crippen LogP contribution in [0, 0.1) is 0 Å². The molecule has 0 fully saturated rings. The molecule has 0 aliphatic rings. The highest BCUT2D eigenvalue weighted by molar-refractivity contribution is 5.72. The number of imidazole rings is 1. The van der Waals surface area contributed by atoms with E-state index in [1.54, 1.807) is 12.3 Å². The van der Waals surface area contributed by atoms with Crippen LogP contribution < -0.4 is 11.4 Å². The summed E-state index contributed by atoms with van der Waals surface area (Å²) in [6, 6.07) is 7.37. The lowest BCUT2D eigenvalue weighted by atomic mass is 10.1. The van der Waals surface area contributed by atoms with Crippen LogP contribution in [-0.4, -0.2) is 9.97 Å². The normalized spacial score (nSPS) is 10.2. The number of aromatic nitrogens is 2. The van der Waals surface area contributed by atoms with Crippen LogP contribution in [0.3, 0.4) is 0 Å². The Kier molecular flexibility index (Phi) is 1.66. The van der Waals surface area contributed by atoms with Crippen LogP contribution in [0.15, 0.2) is 35.3 Å². The minimum atomic E-state index is -0.224. The lowest BCUT2D eigenvalue weighted by Gasteiger charge is -2.00. The van der Waals surface area contributed by atoms with Gasteiger partial charge in [0.05, 0.1) is 5.69 Å². The third-order valence-corrected chi connectivity index (χ3v) is 1.85. The van der Waals surface area contributed by atoms with Gasteiger partial charge in [0.25, 0.3) is 0 Å². The van der Waals surface area contributed by atoms with Gasteiger partial charge in [0.2, 0.25) is 0 Å². The van der Waals surface area contributed by atoms with Crippen LogP contribution in [0.25, 0.3) is 11.3 Å². The lowest BCUT2D eigenvalue weighted by molar-refractivity contribution is 1.19. The predicted molar refractivity (Wildman–Crippen MR) is 51.3 cm³/mol. The fourth-order valence-corrected chi connectivity index (χ4v) is 1.22. The number of benzene rings is 1. The van der Waals surface area contributed by atoms with Gasteiger partial charge in [-0.05, 0) is 6.07 Å². The average Bonchev–Trinajstić information content (AvgIpc) is 2.53. The molecule has 4 nitrogen and oxygen atoms in total. The SMILES string of the molecule is Nc1ccccc1-c1c[nH]c(=O)[nH]1. The van der Waals surface area contributed by atoms with Crippen LogP contribution in [0.2, 0.25) is 0 Å². The molecule has 0 aliphatic carbocycles. The number of H-pyrrole nitrogens is 2. The van der Waals surface area contributed by atoms with Gasteiger partial charge in [-0.1, -0.05) is 18.2 Å². The first-order chi connectivity index (χ1) is 6.27. The van der Waals surface area contributed by atoms with E-state index in [9.17, 15) is 4.79 Å². The fourth-order valence-electron chi connectivity index (χ4n) is 1.22. The van der Waals surface area contributed by atoms with Crippen molar-refractivity contribution in [1.29, 1.82) is 0 Å². The Hall–Kier alpha value is -1.97. The zero-order chi connectivity index (χ0) is 9.26. The second-order valence-electron chi connectivity index (χ2n) is 2.74. The summed E-state index contributed by atoms with van der Waals surface area (Å²) in [5.41, 5.74) is 7.70. The first-order valence-electron chi connectivity index (χ1n) is 3.90. The largest absolute Gasteiger partial charge is 0.398 e. The fraction of sp³-hybridized carbons (Fsp3) is 0. The van der Waals surface area contributed by atoms with E-state index >= 15 is 0 Å². The maximum Gasteiger partial charge on any atom is 0.323 e. The Morgan fingerprint density at radius 2 is 2.00 bits per heavy atom. The van der Waals surface area contributed by atoms with E-state index in [4.69, 9.17) is 5.73 Å². The summed E-state index contributed by atoms with van der Waals surface area (Å²) in [5, 5.41) is 0. The number of anilines is 1. The molecule has 4 heteroatoms. The summed E-state index contributed by atoms with van der Waals surface area (Å²) in [5.74, 6) is 0. The Labute approximate surface area is 74.4 Å². The van der Waals surface area contributed by atoms with E-state index in [1.165, 1.54) is 0 Å². The first-order valence-corrected chi connectivity index (χ1v) is 3.90. The minimum Gasteiger partial charge on any atom is -0.398 e. The van der Waals surface area contributed by atoms with Crippen LogP contribution >= 0.6 is 0 Å². The minimum absolute atomic E-state index is 0.224. The second-order valence-corrected chi connectivity index (χ2v) is 2.74. The number of hydrogen-bond acceptors (Lipinski definition) is 2. The molecule has 0 unspecified atom stereocenters. The van der Waals surface area contributed by atoms with Gasteiger partial charge in [-0.25, -0.2) is 4.79 Å². The highest BCUT2D eigenvalue weighted by Crippen LogP contribution is 2.21. The number of hydrogen-bond donors (Lipinski definition) is 3. The van der Waals surface area contributed by atoms with Crippen molar-refractivity contribution in [2.75, 3.05) is 5.73 Å². The number of nitrogens with one attached hydrogen (secondary N) is 2. The van der Waals surface area contributed by atoms with Crippen molar-refractivity contribution >= 4 is 5.69 Å². The maximum atomic E-state index is 10.8. The van der Waals surface area contributed by atoms with Crippen molar-refractivity contribution in [2.45, 2.75) is 0 Å². The van der Waals surface area contributed by atoms with Gasteiger partial charge >= 0.3 is 5.69 Å². The summed E-state index contributed by atoms with van der Waals surface area (Å²) < 4.78 is 0. The molecule has 0 radical (unpaired) electrons. The Balaban J connectivity index is 2.58. The molecular formula is C9H9N3O. The van der Waals surface area contributed by atoms with Gasteiger partial charge in [-0.15, -0.1) is 0 Å². The Morgan fingerprint density at radius 3 is 2.62 bits per heavy atom. The van der Waals surface area contributed by atoms with Crippen molar-refractivity contribution in [2.24, 2.45) is 0 Å². The van der Waals surface area contributed by atoms with Gasteiger partial charge < -0.3 is 15.7 Å². The third kappa shape index (κ3) is 1.33. The number of para-hydroxylation sites is 1. The first kappa shape index (κ1) is 7.67. The summed E-state index contributed by atoms with van der Waals surface area (Å²) in [6.45, 7) is 0. The van der Waals surface area contributed by atoms with Crippen molar-refractivity contribution in [3.05, 3.63) is 40.9 Å². The number of rotatable bonds is 1. The van der Waals surface area contributed by atoms with E-state index in [2.05, 4.69) is 9.97 Å². The zero-order valence-corrected chi connectivity index (χ0v) is 6.87. The predicted octanol–water partition coefficient (Wildman–Crippen LogP) is 0.952. The quantitative estimate of drug-likeness (QED) is 0.564. The number of nitrogens with two attached hydrogens (primary N) is 1. The molecule has 1 aromatic heterocycles. The molecular weight excluding hydrogens is 166 g/mol. The average molecular weight is 175 g/mol. The topological polar surface area (TPSA) is 74.7 Å². The summed E-state index contributed by atoms with van der Waals surface area (Å²) >= 11 is 0. The molecule has 13 heavy (non-hydrogen) atoms. The number of aromatic amines is 2. The van der Waals surface area contributed by atoms with E-state index in [0.717, 1.165) is 5.56 Å². The standard InChI is InChI=1S/C9H9N3O/c10-7-4-2-1-3-6(7)8-5-11-9(13)12-8/h1-5H,10H2,(H2,11,12,13). The highest BCUT2D eigenvalue weighted by atomic mass is 16.1. The zero-order valence-electron chi connectivity index (χ0n) is 6.87. The molecule has 1 heterocycles. The van der Waals surface area contributed by atoms with Crippen molar-refractivity contribution in [3.8, 4) is 11.3 Å². The van der Waals surface area contributed by atoms with E-state index in [1.807, 2.05) is 18.2 Å². The van der Waals surface area contributed by atoms with E-state index in [0.29, 0.717) is 11.4 Å². The Morgan fingerprint density at radius 1 is 1.23 bits per heavy atom. The van der Waals surface area contributed by atoms with E-state index in [-0.39, 0.29) is 5.69 Å². The van der Waals surface area contributed by atoms with Gasteiger partial charge in [0.1, 0.15) is 0 Å². The van der Waals surface area contributed by atoms with Gasteiger partial charge in [0.15, 0.2) is 0 Å². The summed E-state index contributed by atoms with van der Waals surface area (Å²) in [6.07, 6.45) is 1.61. The van der Waals surface area contributed by atoms with Crippen molar-refractivity contribution in [1.82, 2.24) is 9.97 Å². The molecule has 0 saturated carbocycles. The maximum absolute atomic E-state index is 10.8. The molecule has 0 amide bonds. The molecule has 0 atom stereocenters. The van der Waals surface area contributed by atoms with Crippen LogP contribution in [-0.2, 0) is 0 Å². The van der Waals surface area contributed by atoms with Gasteiger partial charge in [-0.3, -0.25) is 0 Å². The van der Waals surface area contributed by atoms with Crippen molar-refractivity contribution < 1.29 is 0 Å². The monoisotopic (exact) mass is 175 g/mol. The Bertz CT molecular complexity index is 469. The van der Waals surface area contributed by atoms with Gasteiger partial charge in [-0.2, -0.15) is 0 Å². The molecule has 2 aromatic rings. The summed E-state index contributed by atoms with van der Waals surface area (Å²) in [7, 11) is 0. The smallest absolute Gasteiger partial charge is 0.323 e. The molecule has 0 saturated heterocycles. The summed E-state index contributed by atoms with van der Waals surface area (Å²) in [4.78, 5) is 16.0. The lowest BCUT2D eigenvalue weighted by Crippen LogP contribution is -2.00. The molecule has 2 rings (SSSR count). The molecule has 4 N–H and O–H groups in total. The molecule has 66 valence electrons. The molecule has 0 spiro atoms. The molecule has 1 aromatic carbocycles. The van der Waals surface area contributed by atoms with Crippen molar-refractivity contribution in [3.63, 3.8) is 0 Å². The van der Waals surface area contributed by atoms with E-state index < -0.39 is 0 Å². The third-order valence-electron chi connectivity index (χ3n) is 1.85. The highest BCUT2D eigenvalue weighted by Gasteiger charge is 2.02. The molecule has 0 bridgehead atoms. The van der Waals surface area contributed by atoms with Crippen LogP contribution in [0.5, 0.6) is 0 Å².